The van der Waals surface area contributed by atoms with Gasteiger partial charge in [0.25, 0.3) is 0 Å². The molecule has 1 rings (SSSR count). The Morgan fingerprint density at radius 1 is 1.46 bits per heavy atom. The van der Waals surface area contributed by atoms with E-state index in [4.69, 9.17) is 4.74 Å². The van der Waals surface area contributed by atoms with Gasteiger partial charge >= 0.3 is 0 Å². The number of methoxy groups -OCH3 is 1. The van der Waals surface area contributed by atoms with Crippen molar-refractivity contribution < 1.29 is 4.74 Å². The van der Waals surface area contributed by atoms with E-state index in [0.29, 0.717) is 0 Å². The number of hydrogen-bond acceptors (Lipinski definition) is 2. The van der Waals surface area contributed by atoms with E-state index in [1.54, 1.807) is 13.4 Å². The van der Waals surface area contributed by atoms with Crippen molar-refractivity contribution in [1.82, 2.24) is 9.78 Å². The zero-order chi connectivity index (χ0) is 9.84. The Kier molecular flexibility index (Phi) is 3.12. The van der Waals surface area contributed by atoms with Crippen molar-refractivity contribution in [3.05, 3.63) is 23.2 Å². The van der Waals surface area contributed by atoms with Crippen LogP contribution in [0.2, 0.25) is 0 Å². The number of rotatable bonds is 3. The average molecular weight is 180 g/mol. The molecule has 0 aliphatic heterocycles. The normalized spacial score (nSPS) is 11.1. The second kappa shape index (κ2) is 4.12. The molecule has 1 aromatic rings. The lowest BCUT2D eigenvalue weighted by atomic mass is 10.2. The number of hydrogen-bond donors (Lipinski definition) is 0. The average Bonchev–Trinajstić information content (AvgIpc) is 2.39. The van der Waals surface area contributed by atoms with Crippen molar-refractivity contribution in [3.8, 4) is 0 Å². The monoisotopic (exact) mass is 180 g/mol. The Morgan fingerprint density at radius 2 is 2.15 bits per heavy atom. The van der Waals surface area contributed by atoms with Gasteiger partial charge in [0.1, 0.15) is 0 Å². The minimum atomic E-state index is 0.910. The third kappa shape index (κ3) is 1.91. The van der Waals surface area contributed by atoms with Gasteiger partial charge in [0.15, 0.2) is 0 Å². The highest BCUT2D eigenvalue weighted by atomic mass is 16.5. The first-order chi connectivity index (χ1) is 6.20. The van der Waals surface area contributed by atoms with Gasteiger partial charge in [-0.1, -0.05) is 0 Å². The summed E-state index contributed by atoms with van der Waals surface area (Å²) < 4.78 is 6.87. The van der Waals surface area contributed by atoms with Crippen LogP contribution in [0.5, 0.6) is 0 Å². The smallest absolute Gasteiger partial charge is 0.0831 e. The van der Waals surface area contributed by atoms with E-state index in [2.05, 4.69) is 18.9 Å². The van der Waals surface area contributed by atoms with Gasteiger partial charge in [-0.05, 0) is 26.8 Å². The Bertz CT molecular complexity index is 313. The van der Waals surface area contributed by atoms with Gasteiger partial charge in [0.2, 0.25) is 0 Å². The van der Waals surface area contributed by atoms with Crippen LogP contribution in [0.25, 0.3) is 6.08 Å². The number of ether oxygens (including phenoxy) is 1. The third-order valence-corrected chi connectivity index (χ3v) is 2.11. The van der Waals surface area contributed by atoms with E-state index >= 15 is 0 Å². The highest BCUT2D eigenvalue weighted by Crippen LogP contribution is 2.14. The van der Waals surface area contributed by atoms with Crippen molar-refractivity contribution in [3.63, 3.8) is 0 Å². The first kappa shape index (κ1) is 9.84. The molecule has 0 amide bonds. The predicted molar refractivity (Wildman–Crippen MR) is 53.4 cm³/mol. The summed E-state index contributed by atoms with van der Waals surface area (Å²) in [5.41, 5.74) is 3.39. The van der Waals surface area contributed by atoms with Crippen LogP contribution in [0, 0.1) is 13.8 Å². The Labute approximate surface area is 79.0 Å². The molecule has 0 spiro atoms. The van der Waals surface area contributed by atoms with Gasteiger partial charge in [0, 0.05) is 17.8 Å². The molecular weight excluding hydrogens is 164 g/mol. The highest BCUT2D eigenvalue weighted by Gasteiger charge is 2.06. The zero-order valence-electron chi connectivity index (χ0n) is 8.66. The van der Waals surface area contributed by atoms with Crippen molar-refractivity contribution in [1.29, 1.82) is 0 Å². The number of nitrogens with zero attached hydrogens (tertiary/aromatic N) is 2. The maximum absolute atomic E-state index is 4.88. The van der Waals surface area contributed by atoms with Gasteiger partial charge in [-0.3, -0.25) is 4.68 Å². The molecule has 0 aliphatic rings. The fraction of sp³-hybridized carbons (Fsp3) is 0.500. The molecule has 0 fully saturated rings. The molecule has 0 N–H and O–H groups in total. The lowest BCUT2D eigenvalue weighted by molar-refractivity contribution is 0.341. The van der Waals surface area contributed by atoms with Crippen molar-refractivity contribution in [2.45, 2.75) is 27.3 Å². The summed E-state index contributed by atoms with van der Waals surface area (Å²) in [6.07, 6.45) is 3.63. The van der Waals surface area contributed by atoms with E-state index in [1.165, 1.54) is 5.69 Å². The highest BCUT2D eigenvalue weighted by molar-refractivity contribution is 5.53. The van der Waals surface area contributed by atoms with Crippen LogP contribution in [-0.4, -0.2) is 16.9 Å². The Morgan fingerprint density at radius 3 is 2.62 bits per heavy atom. The lowest BCUT2D eigenvalue weighted by Crippen LogP contribution is -1.98. The summed E-state index contributed by atoms with van der Waals surface area (Å²) >= 11 is 0. The molecule has 0 unspecified atom stereocenters. The predicted octanol–water partition coefficient (Wildman–Crippen LogP) is 2.14. The van der Waals surface area contributed by atoms with Crippen LogP contribution in [0.15, 0.2) is 6.26 Å². The van der Waals surface area contributed by atoms with Crippen LogP contribution >= 0.6 is 0 Å². The first-order valence-corrected chi connectivity index (χ1v) is 4.44. The quantitative estimate of drug-likeness (QED) is 0.666. The fourth-order valence-corrected chi connectivity index (χ4v) is 1.40. The van der Waals surface area contributed by atoms with Crippen molar-refractivity contribution >= 4 is 6.08 Å². The first-order valence-electron chi connectivity index (χ1n) is 4.44. The summed E-state index contributed by atoms with van der Waals surface area (Å²) in [4.78, 5) is 0. The summed E-state index contributed by atoms with van der Waals surface area (Å²) in [6.45, 7) is 7.07. The van der Waals surface area contributed by atoms with Crippen molar-refractivity contribution in [2.24, 2.45) is 0 Å². The molecule has 3 nitrogen and oxygen atoms in total. The second-order valence-electron chi connectivity index (χ2n) is 2.94. The van der Waals surface area contributed by atoms with Gasteiger partial charge in [0.05, 0.1) is 19.1 Å². The molecule has 0 aromatic carbocycles. The minimum absolute atomic E-state index is 0.910. The molecule has 0 saturated carbocycles. The lowest BCUT2D eigenvalue weighted by Gasteiger charge is -1.98. The van der Waals surface area contributed by atoms with Crippen LogP contribution in [0.1, 0.15) is 23.9 Å². The summed E-state index contributed by atoms with van der Waals surface area (Å²) in [6, 6.07) is 0. The minimum Gasteiger partial charge on any atom is -0.504 e. The van der Waals surface area contributed by atoms with Gasteiger partial charge in [-0.2, -0.15) is 5.10 Å². The van der Waals surface area contributed by atoms with Gasteiger partial charge in [-0.25, -0.2) is 0 Å². The van der Waals surface area contributed by atoms with Gasteiger partial charge < -0.3 is 4.74 Å². The summed E-state index contributed by atoms with van der Waals surface area (Å²) in [5, 5.41) is 4.39. The Hall–Kier alpha value is -1.25. The summed E-state index contributed by atoms with van der Waals surface area (Å²) in [7, 11) is 1.64. The number of aromatic nitrogens is 2. The van der Waals surface area contributed by atoms with Crippen LogP contribution < -0.4 is 0 Å². The molecule has 0 bridgehead atoms. The molecule has 0 radical (unpaired) electrons. The molecule has 0 saturated heterocycles. The molecule has 3 heteroatoms. The van der Waals surface area contributed by atoms with Crippen LogP contribution in [0.3, 0.4) is 0 Å². The Balaban J connectivity index is 3.05. The molecule has 13 heavy (non-hydrogen) atoms. The molecule has 0 atom stereocenters. The topological polar surface area (TPSA) is 27.1 Å². The van der Waals surface area contributed by atoms with E-state index in [0.717, 1.165) is 17.8 Å². The largest absolute Gasteiger partial charge is 0.504 e. The maximum atomic E-state index is 4.88. The van der Waals surface area contributed by atoms with Crippen molar-refractivity contribution in [2.75, 3.05) is 7.11 Å². The standard InChI is InChI=1S/C10H16N2O/c1-5-12-9(3)10(6-7-13-4)8(2)11-12/h6-7H,5H2,1-4H3. The SMILES string of the molecule is CCn1nc(C)c(C=COC)c1C. The van der Waals surface area contributed by atoms with E-state index in [1.807, 2.05) is 17.7 Å². The van der Waals surface area contributed by atoms with E-state index in [-0.39, 0.29) is 0 Å². The van der Waals surface area contributed by atoms with Crippen LogP contribution in [0.4, 0.5) is 0 Å². The molecular formula is C10H16N2O. The summed E-state index contributed by atoms with van der Waals surface area (Å²) in [5.74, 6) is 0. The van der Waals surface area contributed by atoms with E-state index in [9.17, 15) is 0 Å². The maximum Gasteiger partial charge on any atom is 0.0831 e. The van der Waals surface area contributed by atoms with Crippen LogP contribution in [-0.2, 0) is 11.3 Å². The third-order valence-electron chi connectivity index (χ3n) is 2.11. The molecule has 1 aromatic heterocycles. The molecule has 0 aliphatic carbocycles. The molecule has 72 valence electrons. The van der Waals surface area contributed by atoms with Gasteiger partial charge in [-0.15, -0.1) is 0 Å². The second-order valence-corrected chi connectivity index (χ2v) is 2.94. The fourth-order valence-electron chi connectivity index (χ4n) is 1.40. The molecule has 1 heterocycles. The van der Waals surface area contributed by atoms with E-state index < -0.39 is 0 Å². The number of aryl methyl sites for hydroxylation is 2. The zero-order valence-corrected chi connectivity index (χ0v) is 8.66.